The standard InChI is InChI=1S/C21H19ClN4O5S/c1-12-15-7-6-14(30-21-24-8-9-26(21)2)11-18(15)31-20(27)16(12)10-13-4-3-5-17(19(13)22)25-32(23,28)29/h3-9,11,25H,10H2,1-2H3,(H2,23,28,29). The summed E-state index contributed by atoms with van der Waals surface area (Å²) in [6, 6.07) is 10.4. The van der Waals surface area contributed by atoms with Gasteiger partial charge in [0.2, 0.25) is 0 Å². The van der Waals surface area contributed by atoms with Gasteiger partial charge in [-0.05, 0) is 36.2 Å². The zero-order chi connectivity index (χ0) is 23.0. The highest BCUT2D eigenvalue weighted by Crippen LogP contribution is 2.31. The first-order valence-electron chi connectivity index (χ1n) is 9.42. The summed E-state index contributed by atoms with van der Waals surface area (Å²) in [5, 5.41) is 5.92. The van der Waals surface area contributed by atoms with E-state index in [9.17, 15) is 13.2 Å². The molecule has 0 spiro atoms. The number of ether oxygens (including phenoxy) is 1. The maximum Gasteiger partial charge on any atom is 0.340 e. The monoisotopic (exact) mass is 474 g/mol. The Morgan fingerprint density at radius 2 is 2.06 bits per heavy atom. The average Bonchev–Trinajstić information content (AvgIpc) is 3.11. The molecule has 0 aliphatic carbocycles. The van der Waals surface area contributed by atoms with Crippen LogP contribution in [0.4, 0.5) is 5.69 Å². The van der Waals surface area contributed by atoms with E-state index in [0.717, 1.165) is 10.9 Å². The molecule has 4 rings (SSSR count). The molecule has 166 valence electrons. The Morgan fingerprint density at radius 1 is 1.28 bits per heavy atom. The number of nitrogens with one attached hydrogen (secondary N) is 1. The van der Waals surface area contributed by atoms with Crippen LogP contribution in [0.3, 0.4) is 0 Å². The minimum atomic E-state index is -3.99. The number of hydrogen-bond acceptors (Lipinski definition) is 6. The van der Waals surface area contributed by atoms with Gasteiger partial charge in [-0.15, -0.1) is 0 Å². The van der Waals surface area contributed by atoms with E-state index in [-0.39, 0.29) is 17.1 Å². The second-order valence-corrected chi connectivity index (χ2v) is 8.85. The molecule has 11 heteroatoms. The molecule has 4 aromatic rings. The Morgan fingerprint density at radius 3 is 2.75 bits per heavy atom. The number of rotatable bonds is 6. The van der Waals surface area contributed by atoms with Crippen LogP contribution in [0, 0.1) is 6.92 Å². The molecule has 0 saturated heterocycles. The molecule has 0 unspecified atom stereocenters. The SMILES string of the molecule is Cc1c(Cc2cccc(NS(N)(=O)=O)c2Cl)c(=O)oc2cc(Oc3nccn3C)ccc12. The van der Waals surface area contributed by atoms with Gasteiger partial charge in [-0.3, -0.25) is 4.72 Å². The molecule has 0 saturated carbocycles. The van der Waals surface area contributed by atoms with E-state index in [1.54, 1.807) is 54.3 Å². The molecule has 32 heavy (non-hydrogen) atoms. The molecule has 0 bridgehead atoms. The summed E-state index contributed by atoms with van der Waals surface area (Å²) in [4.78, 5) is 16.9. The van der Waals surface area contributed by atoms with Crippen LogP contribution >= 0.6 is 11.6 Å². The van der Waals surface area contributed by atoms with Crippen LogP contribution in [-0.2, 0) is 23.7 Å². The van der Waals surface area contributed by atoms with E-state index in [0.29, 0.717) is 28.5 Å². The fourth-order valence-electron chi connectivity index (χ4n) is 3.34. The maximum absolute atomic E-state index is 12.8. The second kappa shape index (κ2) is 8.30. The largest absolute Gasteiger partial charge is 0.425 e. The predicted molar refractivity (Wildman–Crippen MR) is 121 cm³/mol. The van der Waals surface area contributed by atoms with Crippen LogP contribution in [0.5, 0.6) is 11.8 Å². The smallest absolute Gasteiger partial charge is 0.340 e. The lowest BCUT2D eigenvalue weighted by atomic mass is 9.99. The van der Waals surface area contributed by atoms with Crippen molar-refractivity contribution in [1.29, 1.82) is 0 Å². The van der Waals surface area contributed by atoms with Crippen molar-refractivity contribution in [2.45, 2.75) is 13.3 Å². The number of nitrogens with zero attached hydrogens (tertiary/aromatic N) is 2. The van der Waals surface area contributed by atoms with E-state index < -0.39 is 15.8 Å². The van der Waals surface area contributed by atoms with Crippen molar-refractivity contribution in [3.05, 3.63) is 80.9 Å². The zero-order valence-electron chi connectivity index (χ0n) is 17.1. The first-order chi connectivity index (χ1) is 15.1. The van der Waals surface area contributed by atoms with Gasteiger partial charge >= 0.3 is 11.6 Å². The van der Waals surface area contributed by atoms with E-state index in [4.69, 9.17) is 25.9 Å². The zero-order valence-corrected chi connectivity index (χ0v) is 18.7. The number of benzene rings is 2. The first kappa shape index (κ1) is 21.9. The van der Waals surface area contributed by atoms with Crippen LogP contribution < -0.4 is 20.2 Å². The summed E-state index contributed by atoms with van der Waals surface area (Å²) < 4.78 is 37.9. The van der Waals surface area contributed by atoms with Gasteiger partial charge in [-0.25, -0.2) is 14.9 Å². The van der Waals surface area contributed by atoms with Gasteiger partial charge in [-0.2, -0.15) is 8.42 Å². The fourth-order valence-corrected chi connectivity index (χ4v) is 4.11. The molecule has 2 heterocycles. The third-order valence-electron chi connectivity index (χ3n) is 4.94. The summed E-state index contributed by atoms with van der Waals surface area (Å²) in [7, 11) is -2.19. The van der Waals surface area contributed by atoms with Crippen molar-refractivity contribution in [3.63, 3.8) is 0 Å². The lowest BCUT2D eigenvalue weighted by Crippen LogP contribution is -2.22. The van der Waals surface area contributed by atoms with Crippen molar-refractivity contribution in [1.82, 2.24) is 9.55 Å². The fraction of sp³-hybridized carbons (Fsp3) is 0.143. The summed E-state index contributed by atoms with van der Waals surface area (Å²) in [5.41, 5.74) is 1.66. The van der Waals surface area contributed by atoms with E-state index >= 15 is 0 Å². The molecule has 0 aliphatic rings. The Balaban J connectivity index is 1.70. The molecule has 3 N–H and O–H groups in total. The van der Waals surface area contributed by atoms with Crippen molar-refractivity contribution < 1.29 is 17.6 Å². The van der Waals surface area contributed by atoms with Crippen LogP contribution in [0.15, 0.2) is 58.0 Å². The van der Waals surface area contributed by atoms with Crippen LogP contribution in [0.2, 0.25) is 5.02 Å². The number of imidazole rings is 1. The van der Waals surface area contributed by atoms with E-state index in [1.165, 1.54) is 6.07 Å². The quantitative estimate of drug-likeness (QED) is 0.411. The normalized spacial score (nSPS) is 11.6. The van der Waals surface area contributed by atoms with Crippen molar-refractivity contribution in [2.75, 3.05) is 4.72 Å². The highest BCUT2D eigenvalue weighted by molar-refractivity contribution is 7.90. The molecule has 0 aliphatic heterocycles. The number of aryl methyl sites for hydroxylation is 2. The number of hydrogen-bond donors (Lipinski definition) is 2. The lowest BCUT2D eigenvalue weighted by Gasteiger charge is -2.12. The molecule has 0 fully saturated rings. The van der Waals surface area contributed by atoms with Crippen molar-refractivity contribution in [3.8, 4) is 11.8 Å². The van der Waals surface area contributed by atoms with Gasteiger partial charge in [0.05, 0.1) is 10.7 Å². The van der Waals surface area contributed by atoms with Gasteiger partial charge in [-0.1, -0.05) is 23.7 Å². The summed E-state index contributed by atoms with van der Waals surface area (Å²) in [6.07, 6.45) is 3.52. The van der Waals surface area contributed by atoms with E-state index in [1.807, 2.05) is 6.92 Å². The minimum absolute atomic E-state index is 0.130. The second-order valence-electron chi connectivity index (χ2n) is 7.18. The maximum atomic E-state index is 12.8. The van der Waals surface area contributed by atoms with Crippen molar-refractivity contribution in [2.24, 2.45) is 12.2 Å². The Labute approximate surface area is 188 Å². The molecule has 0 atom stereocenters. The highest BCUT2D eigenvalue weighted by atomic mass is 35.5. The molecule has 2 aromatic carbocycles. The molecule has 0 amide bonds. The topological polar surface area (TPSA) is 129 Å². The molecule has 0 radical (unpaired) electrons. The number of aromatic nitrogens is 2. The van der Waals surface area contributed by atoms with Crippen LogP contribution in [0.25, 0.3) is 11.0 Å². The number of nitrogens with two attached hydrogens (primary N) is 1. The van der Waals surface area contributed by atoms with Gasteiger partial charge in [0.15, 0.2) is 0 Å². The van der Waals surface area contributed by atoms with Gasteiger partial charge in [0.1, 0.15) is 11.3 Å². The summed E-state index contributed by atoms with van der Waals surface area (Å²) >= 11 is 6.35. The summed E-state index contributed by atoms with van der Waals surface area (Å²) in [5.74, 6) is 0.479. The third kappa shape index (κ3) is 4.47. The molecular weight excluding hydrogens is 456 g/mol. The molecule has 2 aromatic heterocycles. The van der Waals surface area contributed by atoms with Crippen LogP contribution in [0.1, 0.15) is 16.7 Å². The first-order valence-corrected chi connectivity index (χ1v) is 11.3. The Kier molecular flexibility index (Phi) is 5.68. The van der Waals surface area contributed by atoms with Crippen LogP contribution in [-0.4, -0.2) is 18.0 Å². The average molecular weight is 475 g/mol. The lowest BCUT2D eigenvalue weighted by molar-refractivity contribution is 0.424. The molecular formula is C21H19ClN4O5S. The number of anilines is 1. The predicted octanol–water partition coefficient (Wildman–Crippen LogP) is 3.49. The Bertz CT molecular complexity index is 1490. The highest BCUT2D eigenvalue weighted by Gasteiger charge is 2.17. The van der Waals surface area contributed by atoms with Gasteiger partial charge in [0, 0.05) is 42.9 Å². The number of fused-ring (bicyclic) bond motifs is 1. The summed E-state index contributed by atoms with van der Waals surface area (Å²) in [6.45, 7) is 1.81. The third-order valence-corrected chi connectivity index (χ3v) is 5.89. The van der Waals surface area contributed by atoms with Gasteiger partial charge in [0.25, 0.3) is 10.2 Å². The van der Waals surface area contributed by atoms with E-state index in [2.05, 4.69) is 9.71 Å². The molecule has 9 nitrogen and oxygen atoms in total. The Hall–Kier alpha value is -3.34. The number of halogens is 1. The minimum Gasteiger partial charge on any atom is -0.425 e. The van der Waals surface area contributed by atoms with Gasteiger partial charge < -0.3 is 13.7 Å². The van der Waals surface area contributed by atoms with Crippen molar-refractivity contribution >= 4 is 38.5 Å².